The van der Waals surface area contributed by atoms with E-state index in [1.165, 1.54) is 37.7 Å². The van der Waals surface area contributed by atoms with E-state index in [0.717, 1.165) is 11.9 Å². The summed E-state index contributed by atoms with van der Waals surface area (Å²) in [5.74, 6) is 0. The van der Waals surface area contributed by atoms with Gasteiger partial charge in [-0.15, -0.1) is 0 Å². The smallest absolute Gasteiger partial charge is 0.0208 e. The predicted molar refractivity (Wildman–Crippen MR) is 77.8 cm³/mol. The van der Waals surface area contributed by atoms with E-state index in [9.17, 15) is 0 Å². The van der Waals surface area contributed by atoms with Crippen molar-refractivity contribution in [2.75, 3.05) is 5.33 Å². The predicted octanol–water partition coefficient (Wildman–Crippen LogP) is 3.83. The topological polar surface area (TPSA) is 12.0 Å². The number of rotatable bonds is 6. The molecule has 17 heavy (non-hydrogen) atoms. The fraction of sp³-hybridized carbons (Fsp3) is 0.600. The van der Waals surface area contributed by atoms with Gasteiger partial charge in [-0.3, -0.25) is 0 Å². The van der Waals surface area contributed by atoms with Crippen molar-refractivity contribution in [1.29, 1.82) is 0 Å². The van der Waals surface area contributed by atoms with Gasteiger partial charge < -0.3 is 5.32 Å². The van der Waals surface area contributed by atoms with Crippen molar-refractivity contribution in [1.82, 2.24) is 5.32 Å². The number of nitrogens with one attached hydrogen (secondary N) is 1. The molecule has 0 radical (unpaired) electrons. The second kappa shape index (κ2) is 6.55. The Morgan fingerprint density at radius 3 is 2.88 bits per heavy atom. The monoisotopic (exact) mass is 295 g/mol. The fourth-order valence-electron chi connectivity index (χ4n) is 2.58. The first-order valence-electron chi connectivity index (χ1n) is 6.73. The lowest BCUT2D eigenvalue weighted by Crippen LogP contribution is -2.28. The average Bonchev–Trinajstić information content (AvgIpc) is 2.81. The van der Waals surface area contributed by atoms with Gasteiger partial charge in [-0.25, -0.2) is 0 Å². The van der Waals surface area contributed by atoms with Crippen LogP contribution >= 0.6 is 15.9 Å². The summed E-state index contributed by atoms with van der Waals surface area (Å²) < 4.78 is 0. The number of hydrogen-bond acceptors (Lipinski definition) is 1. The van der Waals surface area contributed by atoms with E-state index in [1.54, 1.807) is 11.1 Å². The molecule has 0 aromatic heterocycles. The maximum atomic E-state index is 3.65. The van der Waals surface area contributed by atoms with Crippen LogP contribution in [0.15, 0.2) is 18.2 Å². The molecule has 1 aliphatic carbocycles. The van der Waals surface area contributed by atoms with Gasteiger partial charge in [-0.05, 0) is 48.8 Å². The van der Waals surface area contributed by atoms with Crippen LogP contribution in [0, 0.1) is 0 Å². The molecule has 2 rings (SSSR count). The fourth-order valence-corrected chi connectivity index (χ4v) is 3.13. The molecule has 0 fully saturated rings. The Labute approximate surface area is 113 Å². The second-order valence-corrected chi connectivity index (χ2v) is 5.71. The zero-order valence-electron chi connectivity index (χ0n) is 10.6. The second-order valence-electron chi connectivity index (χ2n) is 4.92. The SMILES string of the molecule is CCC(CCBr)NCc1ccc2c(c1)CCC2. The van der Waals surface area contributed by atoms with Crippen LogP contribution in [0.5, 0.6) is 0 Å². The van der Waals surface area contributed by atoms with Gasteiger partial charge in [0.2, 0.25) is 0 Å². The molecule has 1 N–H and O–H groups in total. The Hall–Kier alpha value is -0.340. The van der Waals surface area contributed by atoms with Crippen molar-refractivity contribution in [2.24, 2.45) is 0 Å². The van der Waals surface area contributed by atoms with E-state index in [1.807, 2.05) is 0 Å². The van der Waals surface area contributed by atoms with Gasteiger partial charge in [0, 0.05) is 17.9 Å². The molecular weight excluding hydrogens is 274 g/mol. The van der Waals surface area contributed by atoms with E-state index in [0.29, 0.717) is 6.04 Å². The molecule has 1 aromatic carbocycles. The summed E-state index contributed by atoms with van der Waals surface area (Å²) in [5.41, 5.74) is 4.60. The van der Waals surface area contributed by atoms with Gasteiger partial charge >= 0.3 is 0 Å². The molecule has 0 bridgehead atoms. The Kier molecular flexibility index (Phi) is 5.05. The zero-order valence-corrected chi connectivity index (χ0v) is 12.2. The Bertz CT molecular complexity index is 362. The minimum Gasteiger partial charge on any atom is -0.310 e. The number of hydrogen-bond donors (Lipinski definition) is 1. The van der Waals surface area contributed by atoms with Crippen molar-refractivity contribution in [3.05, 3.63) is 34.9 Å². The number of alkyl halides is 1. The van der Waals surface area contributed by atoms with E-state index < -0.39 is 0 Å². The van der Waals surface area contributed by atoms with Crippen LogP contribution in [-0.2, 0) is 19.4 Å². The molecule has 0 heterocycles. The lowest BCUT2D eigenvalue weighted by atomic mass is 10.1. The molecule has 1 unspecified atom stereocenters. The highest BCUT2D eigenvalue weighted by molar-refractivity contribution is 9.09. The van der Waals surface area contributed by atoms with Crippen LogP contribution in [0.4, 0.5) is 0 Å². The molecule has 0 aliphatic heterocycles. The number of benzene rings is 1. The van der Waals surface area contributed by atoms with Gasteiger partial charge in [-0.1, -0.05) is 41.1 Å². The van der Waals surface area contributed by atoms with Crippen LogP contribution < -0.4 is 5.32 Å². The molecule has 0 saturated heterocycles. The van der Waals surface area contributed by atoms with Crippen LogP contribution in [0.1, 0.15) is 42.9 Å². The van der Waals surface area contributed by atoms with Crippen molar-refractivity contribution in [3.63, 3.8) is 0 Å². The van der Waals surface area contributed by atoms with Gasteiger partial charge in [0.1, 0.15) is 0 Å². The Morgan fingerprint density at radius 1 is 1.29 bits per heavy atom. The average molecular weight is 296 g/mol. The van der Waals surface area contributed by atoms with E-state index in [-0.39, 0.29) is 0 Å². The van der Waals surface area contributed by atoms with E-state index in [4.69, 9.17) is 0 Å². The van der Waals surface area contributed by atoms with Gasteiger partial charge in [0.25, 0.3) is 0 Å². The number of fused-ring (bicyclic) bond motifs is 1. The van der Waals surface area contributed by atoms with Crippen molar-refractivity contribution in [2.45, 2.75) is 51.6 Å². The van der Waals surface area contributed by atoms with Crippen molar-refractivity contribution in [3.8, 4) is 0 Å². The first-order chi connectivity index (χ1) is 8.33. The Balaban J connectivity index is 1.90. The minimum atomic E-state index is 0.641. The third kappa shape index (κ3) is 3.56. The molecule has 94 valence electrons. The van der Waals surface area contributed by atoms with Crippen LogP contribution in [-0.4, -0.2) is 11.4 Å². The molecule has 0 amide bonds. The maximum Gasteiger partial charge on any atom is 0.0208 e. The molecule has 2 heteroatoms. The first-order valence-corrected chi connectivity index (χ1v) is 7.85. The maximum absolute atomic E-state index is 3.65. The summed E-state index contributed by atoms with van der Waals surface area (Å²) in [6.07, 6.45) is 6.32. The van der Waals surface area contributed by atoms with E-state index in [2.05, 4.69) is 46.4 Å². The first kappa shape index (κ1) is 13.1. The lowest BCUT2D eigenvalue weighted by Gasteiger charge is -2.16. The standard InChI is InChI=1S/C15H22BrN/c1-2-15(8-9-16)17-11-12-6-7-13-4-3-5-14(13)10-12/h6-7,10,15,17H,2-5,8-9,11H2,1H3. The minimum absolute atomic E-state index is 0.641. The highest BCUT2D eigenvalue weighted by Crippen LogP contribution is 2.22. The summed E-state index contributed by atoms with van der Waals surface area (Å²) in [5, 5.41) is 4.73. The molecule has 1 aliphatic rings. The summed E-state index contributed by atoms with van der Waals surface area (Å²) in [6, 6.07) is 7.65. The van der Waals surface area contributed by atoms with Gasteiger partial charge in [0.15, 0.2) is 0 Å². The summed E-state index contributed by atoms with van der Waals surface area (Å²) >= 11 is 3.52. The molecule has 1 atom stereocenters. The molecule has 0 saturated carbocycles. The Morgan fingerprint density at radius 2 is 2.12 bits per heavy atom. The normalized spacial score (nSPS) is 15.9. The summed E-state index contributed by atoms with van der Waals surface area (Å²) in [4.78, 5) is 0. The van der Waals surface area contributed by atoms with Crippen LogP contribution in [0.3, 0.4) is 0 Å². The van der Waals surface area contributed by atoms with Crippen molar-refractivity contribution < 1.29 is 0 Å². The summed E-state index contributed by atoms with van der Waals surface area (Å²) in [7, 11) is 0. The number of halogens is 1. The molecular formula is C15H22BrN. The highest BCUT2D eigenvalue weighted by Gasteiger charge is 2.11. The lowest BCUT2D eigenvalue weighted by molar-refractivity contribution is 0.488. The summed E-state index contributed by atoms with van der Waals surface area (Å²) in [6.45, 7) is 3.27. The molecule has 1 aromatic rings. The zero-order chi connectivity index (χ0) is 12.1. The van der Waals surface area contributed by atoms with Crippen LogP contribution in [0.25, 0.3) is 0 Å². The van der Waals surface area contributed by atoms with Crippen molar-refractivity contribution >= 4 is 15.9 Å². The molecule has 0 spiro atoms. The third-order valence-electron chi connectivity index (χ3n) is 3.71. The van der Waals surface area contributed by atoms with Gasteiger partial charge in [-0.2, -0.15) is 0 Å². The van der Waals surface area contributed by atoms with E-state index >= 15 is 0 Å². The number of aryl methyl sites for hydroxylation is 2. The highest BCUT2D eigenvalue weighted by atomic mass is 79.9. The third-order valence-corrected chi connectivity index (χ3v) is 4.17. The van der Waals surface area contributed by atoms with Crippen LogP contribution in [0.2, 0.25) is 0 Å². The largest absolute Gasteiger partial charge is 0.310 e. The quantitative estimate of drug-likeness (QED) is 0.787. The van der Waals surface area contributed by atoms with Gasteiger partial charge in [0.05, 0.1) is 0 Å². The molecule has 1 nitrogen and oxygen atoms in total.